The molecule has 0 saturated carbocycles. The molecule has 2 N–H and O–H groups in total. The lowest BCUT2D eigenvalue weighted by Crippen LogP contribution is -2.40. The molecule has 2 heterocycles. The molecule has 9 nitrogen and oxygen atoms in total. The standard InChI is InChI=1S/C20H19N5O4/c21-16-8-7-15-17-13(16)5-4-6-14(17)18(26)24(19(15)27)11-3-1-2-10-23-12-9-22-20(23)25(28)29/h4-9,12H,1-3,10-11,21H2. The van der Waals surface area contributed by atoms with E-state index in [0.717, 1.165) is 0 Å². The predicted octanol–water partition coefficient (Wildman–Crippen LogP) is 2.99. The number of unbranched alkanes of at least 4 members (excludes halogenated alkanes) is 2. The molecule has 148 valence electrons. The minimum absolute atomic E-state index is 0.185. The van der Waals surface area contributed by atoms with Gasteiger partial charge < -0.3 is 15.8 Å². The van der Waals surface area contributed by atoms with E-state index in [-0.39, 0.29) is 17.8 Å². The lowest BCUT2D eigenvalue weighted by molar-refractivity contribution is -0.396. The highest BCUT2D eigenvalue weighted by Gasteiger charge is 2.32. The fraction of sp³-hybridized carbons (Fsp3) is 0.250. The summed E-state index contributed by atoms with van der Waals surface area (Å²) in [6.45, 7) is 0.753. The molecule has 1 aromatic heterocycles. The minimum atomic E-state index is -0.518. The quantitative estimate of drug-likeness (QED) is 0.216. The zero-order chi connectivity index (χ0) is 20.5. The Hall–Kier alpha value is -3.75. The van der Waals surface area contributed by atoms with Crippen LogP contribution in [0, 0.1) is 10.1 Å². The lowest BCUT2D eigenvalue weighted by Gasteiger charge is -2.27. The van der Waals surface area contributed by atoms with Gasteiger partial charge in [-0.1, -0.05) is 17.1 Å². The van der Waals surface area contributed by atoms with E-state index < -0.39 is 4.92 Å². The summed E-state index contributed by atoms with van der Waals surface area (Å²) >= 11 is 0. The number of nitrogens with zero attached hydrogens (tertiary/aromatic N) is 4. The number of aryl methyl sites for hydroxylation is 1. The number of rotatable bonds is 7. The number of hydrogen-bond acceptors (Lipinski definition) is 6. The Morgan fingerprint density at radius 1 is 1.00 bits per heavy atom. The van der Waals surface area contributed by atoms with Gasteiger partial charge in [0, 0.05) is 34.1 Å². The summed E-state index contributed by atoms with van der Waals surface area (Å²) in [4.78, 5) is 41.1. The van der Waals surface area contributed by atoms with Crippen molar-refractivity contribution in [2.45, 2.75) is 25.8 Å². The summed E-state index contributed by atoms with van der Waals surface area (Å²) in [6, 6.07) is 8.64. The molecule has 0 atom stereocenters. The molecule has 0 bridgehead atoms. The van der Waals surface area contributed by atoms with Gasteiger partial charge in [-0.15, -0.1) is 0 Å². The van der Waals surface area contributed by atoms with Crippen molar-refractivity contribution < 1.29 is 14.5 Å². The summed E-state index contributed by atoms with van der Waals surface area (Å²) in [5.74, 6) is -0.816. The van der Waals surface area contributed by atoms with Crippen molar-refractivity contribution in [1.29, 1.82) is 0 Å². The summed E-state index contributed by atoms with van der Waals surface area (Å²) in [7, 11) is 0. The van der Waals surface area contributed by atoms with Gasteiger partial charge in [-0.25, -0.2) is 4.57 Å². The molecule has 0 aliphatic carbocycles. The van der Waals surface area contributed by atoms with Gasteiger partial charge in [-0.2, -0.15) is 0 Å². The number of nitrogens with two attached hydrogens (primary N) is 1. The summed E-state index contributed by atoms with van der Waals surface area (Å²) in [5, 5.41) is 12.2. The zero-order valence-electron chi connectivity index (χ0n) is 15.6. The Bertz CT molecular complexity index is 1110. The van der Waals surface area contributed by atoms with E-state index in [1.165, 1.54) is 15.7 Å². The first-order chi connectivity index (χ1) is 14.0. The molecule has 2 aromatic carbocycles. The Balaban J connectivity index is 1.42. The van der Waals surface area contributed by atoms with Crippen LogP contribution in [-0.4, -0.2) is 37.7 Å². The van der Waals surface area contributed by atoms with E-state index in [1.807, 2.05) is 6.07 Å². The molecule has 1 aliphatic rings. The van der Waals surface area contributed by atoms with Crippen LogP contribution in [0.5, 0.6) is 0 Å². The summed E-state index contributed by atoms with van der Waals surface area (Å²) < 4.78 is 1.48. The Kier molecular flexibility index (Phi) is 4.71. The van der Waals surface area contributed by atoms with Crippen LogP contribution in [-0.2, 0) is 6.54 Å². The first-order valence-corrected chi connectivity index (χ1v) is 9.32. The van der Waals surface area contributed by atoms with E-state index in [9.17, 15) is 19.7 Å². The number of imide groups is 1. The topological polar surface area (TPSA) is 124 Å². The monoisotopic (exact) mass is 393 g/mol. The van der Waals surface area contributed by atoms with Crippen LogP contribution in [0.2, 0.25) is 0 Å². The molecule has 0 spiro atoms. The highest BCUT2D eigenvalue weighted by molar-refractivity contribution is 6.26. The van der Waals surface area contributed by atoms with Gasteiger partial charge in [0.25, 0.3) is 11.8 Å². The third kappa shape index (κ3) is 3.20. The number of anilines is 1. The van der Waals surface area contributed by atoms with E-state index in [2.05, 4.69) is 4.98 Å². The smallest absolute Gasteiger partial charge is 0.398 e. The number of imidazole rings is 1. The van der Waals surface area contributed by atoms with Crippen molar-refractivity contribution >= 4 is 34.2 Å². The molecular formula is C20H19N5O4. The average molecular weight is 393 g/mol. The second-order valence-electron chi connectivity index (χ2n) is 6.93. The molecule has 29 heavy (non-hydrogen) atoms. The molecule has 0 unspecified atom stereocenters. The van der Waals surface area contributed by atoms with E-state index in [4.69, 9.17) is 5.73 Å². The highest BCUT2D eigenvalue weighted by Crippen LogP contribution is 2.33. The molecule has 4 rings (SSSR count). The van der Waals surface area contributed by atoms with Gasteiger partial charge >= 0.3 is 5.95 Å². The van der Waals surface area contributed by atoms with Gasteiger partial charge in [0.05, 0.1) is 6.54 Å². The maximum atomic E-state index is 12.9. The van der Waals surface area contributed by atoms with Gasteiger partial charge in [-0.3, -0.25) is 14.5 Å². The predicted molar refractivity (Wildman–Crippen MR) is 106 cm³/mol. The second kappa shape index (κ2) is 7.34. The summed E-state index contributed by atoms with van der Waals surface area (Å²) in [6.07, 6.45) is 4.97. The number of amides is 2. The van der Waals surface area contributed by atoms with Gasteiger partial charge in [-0.05, 0) is 42.4 Å². The maximum Gasteiger partial charge on any atom is 0.434 e. The molecule has 0 saturated heterocycles. The Morgan fingerprint density at radius 2 is 1.72 bits per heavy atom. The zero-order valence-corrected chi connectivity index (χ0v) is 15.6. The van der Waals surface area contributed by atoms with Crippen LogP contribution in [0.4, 0.5) is 11.6 Å². The molecule has 9 heteroatoms. The number of aromatic nitrogens is 2. The van der Waals surface area contributed by atoms with Gasteiger partial charge in [0.1, 0.15) is 12.4 Å². The Labute approximate surface area is 165 Å². The van der Waals surface area contributed by atoms with Crippen LogP contribution < -0.4 is 5.73 Å². The van der Waals surface area contributed by atoms with Crippen LogP contribution in [0.25, 0.3) is 10.8 Å². The first kappa shape index (κ1) is 18.6. The van der Waals surface area contributed by atoms with Crippen LogP contribution >= 0.6 is 0 Å². The molecular weight excluding hydrogens is 374 g/mol. The third-order valence-electron chi connectivity index (χ3n) is 5.16. The van der Waals surface area contributed by atoms with Crippen LogP contribution in [0.3, 0.4) is 0 Å². The van der Waals surface area contributed by atoms with E-state index in [0.29, 0.717) is 59.9 Å². The number of nitro groups is 1. The van der Waals surface area contributed by atoms with Crippen LogP contribution in [0.15, 0.2) is 42.7 Å². The second-order valence-corrected chi connectivity index (χ2v) is 6.93. The van der Waals surface area contributed by atoms with Gasteiger partial charge in [0.15, 0.2) is 0 Å². The van der Waals surface area contributed by atoms with Crippen molar-refractivity contribution in [3.63, 3.8) is 0 Å². The maximum absolute atomic E-state index is 12.9. The largest absolute Gasteiger partial charge is 0.434 e. The van der Waals surface area contributed by atoms with Gasteiger partial charge in [0.2, 0.25) is 0 Å². The average Bonchev–Trinajstić information content (AvgIpc) is 3.18. The lowest BCUT2D eigenvalue weighted by atomic mass is 9.93. The molecule has 3 aromatic rings. The van der Waals surface area contributed by atoms with Crippen molar-refractivity contribution in [3.8, 4) is 0 Å². The first-order valence-electron chi connectivity index (χ1n) is 9.32. The van der Waals surface area contributed by atoms with E-state index in [1.54, 1.807) is 30.5 Å². The molecule has 2 amide bonds. The van der Waals surface area contributed by atoms with Crippen molar-refractivity contribution in [3.05, 3.63) is 64.0 Å². The summed E-state index contributed by atoms with van der Waals surface area (Å²) in [5.41, 5.74) is 7.50. The highest BCUT2D eigenvalue weighted by atomic mass is 16.6. The third-order valence-corrected chi connectivity index (χ3v) is 5.16. The SMILES string of the molecule is Nc1ccc2c3c(cccc13)C(=O)N(CCCCCn1ccnc1[N+](=O)[O-])C2=O. The number of hydrogen-bond donors (Lipinski definition) is 1. The fourth-order valence-electron chi connectivity index (χ4n) is 3.75. The minimum Gasteiger partial charge on any atom is -0.398 e. The van der Waals surface area contributed by atoms with Crippen molar-refractivity contribution in [2.24, 2.45) is 0 Å². The fourth-order valence-corrected chi connectivity index (χ4v) is 3.75. The number of benzene rings is 2. The normalized spacial score (nSPS) is 13.3. The van der Waals surface area contributed by atoms with E-state index >= 15 is 0 Å². The Morgan fingerprint density at radius 3 is 2.48 bits per heavy atom. The number of carbonyl (C=O) groups excluding carboxylic acids is 2. The molecule has 1 aliphatic heterocycles. The molecule has 0 radical (unpaired) electrons. The number of nitrogen functional groups attached to an aromatic ring is 1. The van der Waals surface area contributed by atoms with Crippen molar-refractivity contribution in [1.82, 2.24) is 14.5 Å². The van der Waals surface area contributed by atoms with Crippen LogP contribution in [0.1, 0.15) is 40.0 Å². The number of carbonyl (C=O) groups is 2. The van der Waals surface area contributed by atoms with Crippen molar-refractivity contribution in [2.75, 3.05) is 12.3 Å². The molecule has 0 fully saturated rings.